The molecular formula is C12H18NO5P. The van der Waals surface area contributed by atoms with Crippen molar-refractivity contribution in [3.8, 4) is 0 Å². The van der Waals surface area contributed by atoms with Gasteiger partial charge in [-0.3, -0.25) is 4.57 Å². The summed E-state index contributed by atoms with van der Waals surface area (Å²) in [7, 11) is -3.04. The fraction of sp³-hybridized carbons (Fsp3) is 0.417. The van der Waals surface area contributed by atoms with Crippen LogP contribution in [0.3, 0.4) is 0 Å². The molecule has 1 unspecified atom stereocenters. The number of benzene rings is 1. The maximum atomic E-state index is 11.4. The van der Waals surface area contributed by atoms with Gasteiger partial charge in [-0.2, -0.15) is 0 Å². The van der Waals surface area contributed by atoms with Crippen molar-refractivity contribution >= 4 is 14.3 Å². The van der Waals surface area contributed by atoms with Crippen molar-refractivity contribution < 1.29 is 23.5 Å². The molecule has 19 heavy (non-hydrogen) atoms. The maximum Gasteiger partial charge on any atom is 0.407 e. The number of hydrogen-bond donors (Lipinski definition) is 2. The fourth-order valence-electron chi connectivity index (χ4n) is 1.33. The second-order valence-corrected chi connectivity index (χ2v) is 5.28. The molecule has 2 N–H and O–H groups in total. The summed E-state index contributed by atoms with van der Waals surface area (Å²) in [5, 5.41) is 2.48. The number of ether oxygens (including phenoxy) is 1. The molecule has 1 aromatic rings. The second kappa shape index (κ2) is 7.28. The predicted molar refractivity (Wildman–Crippen MR) is 71.0 cm³/mol. The van der Waals surface area contributed by atoms with Crippen LogP contribution >= 0.6 is 8.25 Å². The third kappa shape index (κ3) is 6.96. The van der Waals surface area contributed by atoms with Gasteiger partial charge in [0.2, 0.25) is 0 Å². The molecule has 0 aromatic heterocycles. The van der Waals surface area contributed by atoms with E-state index in [1.807, 2.05) is 30.3 Å². The van der Waals surface area contributed by atoms with Crippen LogP contribution in [0.2, 0.25) is 0 Å². The molecule has 1 rings (SSSR count). The largest absolute Gasteiger partial charge is 0.445 e. The minimum absolute atomic E-state index is 0.0809. The van der Waals surface area contributed by atoms with Crippen LogP contribution in [0.25, 0.3) is 0 Å². The second-order valence-electron chi connectivity index (χ2n) is 4.54. The van der Waals surface area contributed by atoms with Gasteiger partial charge in [-0.25, -0.2) is 4.79 Å². The molecular weight excluding hydrogens is 269 g/mol. The normalized spacial score (nSPS) is 12.8. The molecule has 1 amide bonds. The SMILES string of the molecule is CC(C)(CNC(=O)OCc1ccccc1)O[PH](=O)O. The minimum Gasteiger partial charge on any atom is -0.445 e. The van der Waals surface area contributed by atoms with Crippen LogP contribution in [-0.4, -0.2) is 23.1 Å². The zero-order valence-corrected chi connectivity index (χ0v) is 11.9. The van der Waals surface area contributed by atoms with E-state index in [1.165, 1.54) is 0 Å². The molecule has 0 bridgehead atoms. The van der Waals surface area contributed by atoms with E-state index in [-0.39, 0.29) is 13.2 Å². The molecule has 0 saturated carbocycles. The first-order valence-electron chi connectivity index (χ1n) is 5.75. The summed E-state index contributed by atoms with van der Waals surface area (Å²) in [6, 6.07) is 9.27. The Bertz CT molecular complexity index is 435. The van der Waals surface area contributed by atoms with Gasteiger partial charge in [0, 0.05) is 6.54 Å². The lowest BCUT2D eigenvalue weighted by atomic mass is 10.1. The monoisotopic (exact) mass is 287 g/mol. The van der Waals surface area contributed by atoms with Crippen LogP contribution in [0.5, 0.6) is 0 Å². The Kier molecular flexibility index (Phi) is 6.02. The van der Waals surface area contributed by atoms with Gasteiger partial charge < -0.3 is 19.5 Å². The van der Waals surface area contributed by atoms with Gasteiger partial charge >= 0.3 is 14.3 Å². The molecule has 106 valence electrons. The van der Waals surface area contributed by atoms with Crippen molar-refractivity contribution in [2.45, 2.75) is 26.1 Å². The van der Waals surface area contributed by atoms with Crippen molar-refractivity contribution in [2.75, 3.05) is 6.54 Å². The molecule has 7 heteroatoms. The van der Waals surface area contributed by atoms with Gasteiger partial charge in [-0.15, -0.1) is 0 Å². The number of alkyl carbamates (subject to hydrolysis) is 1. The number of carbonyl (C=O) groups excluding carboxylic acids is 1. The number of nitrogens with one attached hydrogen (secondary N) is 1. The van der Waals surface area contributed by atoms with Crippen LogP contribution in [0.4, 0.5) is 4.79 Å². The zero-order chi connectivity index (χ0) is 14.3. The van der Waals surface area contributed by atoms with E-state index in [9.17, 15) is 9.36 Å². The molecule has 0 fully saturated rings. The Labute approximate surface area is 112 Å². The first-order valence-corrected chi connectivity index (χ1v) is 7.02. The summed E-state index contributed by atoms with van der Waals surface area (Å²) in [6.45, 7) is 3.45. The highest BCUT2D eigenvalue weighted by Crippen LogP contribution is 2.24. The third-order valence-electron chi connectivity index (χ3n) is 2.23. The quantitative estimate of drug-likeness (QED) is 0.782. The van der Waals surface area contributed by atoms with Crippen LogP contribution < -0.4 is 5.32 Å². The average molecular weight is 287 g/mol. The predicted octanol–water partition coefficient (Wildman–Crippen LogP) is 2.09. The van der Waals surface area contributed by atoms with E-state index in [2.05, 4.69) is 5.32 Å². The van der Waals surface area contributed by atoms with E-state index in [4.69, 9.17) is 14.2 Å². The minimum atomic E-state index is -3.04. The van der Waals surface area contributed by atoms with Gasteiger partial charge in [-0.05, 0) is 19.4 Å². The lowest BCUT2D eigenvalue weighted by Crippen LogP contribution is -2.39. The molecule has 0 aliphatic heterocycles. The number of amides is 1. The van der Waals surface area contributed by atoms with E-state index in [0.717, 1.165) is 5.56 Å². The molecule has 1 aromatic carbocycles. The summed E-state index contributed by atoms with van der Waals surface area (Å²) in [5.74, 6) is 0. The summed E-state index contributed by atoms with van der Waals surface area (Å²) < 4.78 is 20.4. The van der Waals surface area contributed by atoms with Gasteiger partial charge in [-0.1, -0.05) is 30.3 Å². The molecule has 0 aliphatic rings. The molecule has 0 spiro atoms. The van der Waals surface area contributed by atoms with Crippen LogP contribution in [0.1, 0.15) is 19.4 Å². The Balaban J connectivity index is 2.30. The van der Waals surface area contributed by atoms with Gasteiger partial charge in [0.05, 0.1) is 5.60 Å². The third-order valence-corrected chi connectivity index (χ3v) is 2.96. The van der Waals surface area contributed by atoms with E-state index in [1.54, 1.807) is 13.8 Å². The summed E-state index contributed by atoms with van der Waals surface area (Å²) in [6.07, 6.45) is -0.599. The number of carbonyl (C=O) groups is 1. The van der Waals surface area contributed by atoms with Crippen molar-refractivity contribution in [3.63, 3.8) is 0 Å². The lowest BCUT2D eigenvalue weighted by Gasteiger charge is -2.23. The first kappa shape index (κ1) is 15.7. The zero-order valence-electron chi connectivity index (χ0n) is 10.9. The molecule has 0 heterocycles. The average Bonchev–Trinajstić information content (AvgIpc) is 2.34. The Morgan fingerprint density at radius 1 is 1.37 bits per heavy atom. The standard InChI is InChI=1S/C12H18NO5P/c1-12(2,18-19(15)16)9-13-11(14)17-8-10-6-4-3-5-7-10/h3-7,19H,8-9H2,1-2H3,(H,13,14)(H,15,16). The highest BCUT2D eigenvalue weighted by molar-refractivity contribution is 7.32. The van der Waals surface area contributed by atoms with Crippen LogP contribution in [0.15, 0.2) is 30.3 Å². The summed E-state index contributed by atoms with van der Waals surface area (Å²) >= 11 is 0. The summed E-state index contributed by atoms with van der Waals surface area (Å²) in [5.41, 5.74) is -0.0371. The van der Waals surface area contributed by atoms with E-state index < -0.39 is 19.9 Å². The highest BCUT2D eigenvalue weighted by Gasteiger charge is 2.22. The van der Waals surface area contributed by atoms with E-state index >= 15 is 0 Å². The van der Waals surface area contributed by atoms with Crippen molar-refractivity contribution in [1.82, 2.24) is 5.32 Å². The highest BCUT2D eigenvalue weighted by atomic mass is 31.1. The van der Waals surface area contributed by atoms with E-state index in [0.29, 0.717) is 0 Å². The van der Waals surface area contributed by atoms with Gasteiger partial charge in [0.25, 0.3) is 0 Å². The molecule has 0 aliphatic carbocycles. The topological polar surface area (TPSA) is 84.9 Å². The molecule has 0 radical (unpaired) electrons. The molecule has 1 atom stereocenters. The lowest BCUT2D eigenvalue weighted by molar-refractivity contribution is 0.0911. The Hall–Kier alpha value is -1.36. The summed E-state index contributed by atoms with van der Waals surface area (Å²) in [4.78, 5) is 20.1. The maximum absolute atomic E-state index is 11.4. The smallest absolute Gasteiger partial charge is 0.407 e. The Morgan fingerprint density at radius 3 is 2.58 bits per heavy atom. The fourth-order valence-corrected chi connectivity index (χ4v) is 1.88. The molecule has 6 nitrogen and oxygen atoms in total. The Morgan fingerprint density at radius 2 is 2.00 bits per heavy atom. The van der Waals surface area contributed by atoms with Gasteiger partial charge in [0.15, 0.2) is 0 Å². The molecule has 0 saturated heterocycles. The number of hydrogen-bond acceptors (Lipinski definition) is 4. The van der Waals surface area contributed by atoms with Crippen LogP contribution in [-0.2, 0) is 20.4 Å². The van der Waals surface area contributed by atoms with Crippen LogP contribution in [0, 0.1) is 0 Å². The number of rotatable bonds is 6. The van der Waals surface area contributed by atoms with Crippen molar-refractivity contribution in [2.24, 2.45) is 0 Å². The first-order chi connectivity index (χ1) is 8.89. The van der Waals surface area contributed by atoms with Crippen molar-refractivity contribution in [3.05, 3.63) is 35.9 Å². The van der Waals surface area contributed by atoms with Crippen molar-refractivity contribution in [1.29, 1.82) is 0 Å². The van der Waals surface area contributed by atoms with Gasteiger partial charge in [0.1, 0.15) is 6.61 Å².